The van der Waals surface area contributed by atoms with Crippen molar-refractivity contribution in [2.75, 3.05) is 19.6 Å². The second kappa shape index (κ2) is 8.99. The summed E-state index contributed by atoms with van der Waals surface area (Å²) in [5.41, 5.74) is 0.579. The Balaban J connectivity index is 1.54. The molecule has 4 nitrogen and oxygen atoms in total. The number of aryl methyl sites for hydroxylation is 1. The zero-order chi connectivity index (χ0) is 18.4. The van der Waals surface area contributed by atoms with Crippen LogP contribution in [0.15, 0.2) is 47.1 Å². The number of benzene rings is 1. The summed E-state index contributed by atoms with van der Waals surface area (Å²) in [6.45, 7) is 4.82. The maximum absolute atomic E-state index is 13.7. The summed E-state index contributed by atoms with van der Waals surface area (Å²) in [6.07, 6.45) is 4.69. The fraction of sp³-hybridized carbons (Fsp3) is 0.476. The number of likely N-dealkylation sites (tertiary alicyclic amines) is 1. The van der Waals surface area contributed by atoms with E-state index in [4.69, 9.17) is 4.42 Å². The Kier molecular flexibility index (Phi) is 6.45. The van der Waals surface area contributed by atoms with Crippen LogP contribution in [0.25, 0.3) is 0 Å². The molecule has 1 saturated heterocycles. The second-order valence-corrected chi connectivity index (χ2v) is 7.15. The van der Waals surface area contributed by atoms with Gasteiger partial charge in [-0.3, -0.25) is 9.69 Å². The van der Waals surface area contributed by atoms with E-state index >= 15 is 0 Å². The monoisotopic (exact) mass is 358 g/mol. The molecular formula is C21H27FN2O2. The first kappa shape index (κ1) is 18.6. The van der Waals surface area contributed by atoms with Crippen LogP contribution in [-0.4, -0.2) is 30.4 Å². The van der Waals surface area contributed by atoms with Gasteiger partial charge in [0.25, 0.3) is 0 Å². The van der Waals surface area contributed by atoms with Crippen molar-refractivity contribution < 1.29 is 13.6 Å². The number of nitrogens with one attached hydrogen (secondary N) is 1. The Morgan fingerprint density at radius 1 is 1.27 bits per heavy atom. The van der Waals surface area contributed by atoms with Crippen molar-refractivity contribution in [2.24, 2.45) is 5.92 Å². The molecule has 1 fully saturated rings. The molecule has 1 unspecified atom stereocenters. The molecule has 2 aromatic rings. The summed E-state index contributed by atoms with van der Waals surface area (Å²) in [5, 5.41) is 3.01. The molecule has 1 aromatic carbocycles. The number of halogens is 1. The molecule has 0 aliphatic carbocycles. The van der Waals surface area contributed by atoms with E-state index in [0.717, 1.165) is 24.8 Å². The molecule has 1 aliphatic rings. The van der Waals surface area contributed by atoms with Crippen molar-refractivity contribution in [1.82, 2.24) is 10.2 Å². The van der Waals surface area contributed by atoms with Gasteiger partial charge in [-0.25, -0.2) is 4.39 Å². The van der Waals surface area contributed by atoms with Gasteiger partial charge in [-0.2, -0.15) is 0 Å². The Bertz CT molecular complexity index is 694. The van der Waals surface area contributed by atoms with Crippen molar-refractivity contribution >= 4 is 5.91 Å². The van der Waals surface area contributed by atoms with Crippen LogP contribution >= 0.6 is 0 Å². The van der Waals surface area contributed by atoms with Gasteiger partial charge in [-0.15, -0.1) is 0 Å². The fourth-order valence-electron chi connectivity index (χ4n) is 3.48. The van der Waals surface area contributed by atoms with Gasteiger partial charge < -0.3 is 9.73 Å². The van der Waals surface area contributed by atoms with Crippen molar-refractivity contribution in [3.05, 3.63) is 59.8 Å². The molecule has 1 aliphatic heterocycles. The molecule has 5 heteroatoms. The highest BCUT2D eigenvalue weighted by atomic mass is 19.1. The molecular weight excluding hydrogens is 331 g/mol. The van der Waals surface area contributed by atoms with Crippen LogP contribution in [0.2, 0.25) is 0 Å². The van der Waals surface area contributed by atoms with E-state index < -0.39 is 0 Å². The van der Waals surface area contributed by atoms with E-state index in [0.29, 0.717) is 18.5 Å². The molecule has 3 rings (SSSR count). The normalized spacial score (nSPS) is 17.2. The summed E-state index contributed by atoms with van der Waals surface area (Å²) in [4.78, 5) is 14.6. The summed E-state index contributed by atoms with van der Waals surface area (Å²) in [6, 6.07) is 10.5. The summed E-state index contributed by atoms with van der Waals surface area (Å²) in [5.74, 6) is 1.32. The molecule has 0 bridgehead atoms. The SMILES string of the molecule is CC1CCN(C(CNC(=O)CCc2ccccc2F)c2ccco2)CC1. The van der Waals surface area contributed by atoms with Crippen molar-refractivity contribution in [3.63, 3.8) is 0 Å². The third kappa shape index (κ3) is 4.94. The zero-order valence-corrected chi connectivity index (χ0v) is 15.3. The number of nitrogens with zero attached hydrogens (tertiary/aromatic N) is 1. The first-order chi connectivity index (χ1) is 12.6. The fourth-order valence-corrected chi connectivity index (χ4v) is 3.48. The van der Waals surface area contributed by atoms with Crippen molar-refractivity contribution in [2.45, 2.75) is 38.6 Å². The van der Waals surface area contributed by atoms with Crippen LogP contribution in [0.4, 0.5) is 4.39 Å². The maximum Gasteiger partial charge on any atom is 0.220 e. The first-order valence-electron chi connectivity index (χ1n) is 9.41. The van der Waals surface area contributed by atoms with E-state index in [1.165, 1.54) is 18.9 Å². The number of carbonyl (C=O) groups is 1. The lowest BCUT2D eigenvalue weighted by molar-refractivity contribution is -0.121. The highest BCUT2D eigenvalue weighted by Crippen LogP contribution is 2.26. The number of hydrogen-bond donors (Lipinski definition) is 1. The molecule has 0 spiro atoms. The molecule has 26 heavy (non-hydrogen) atoms. The minimum Gasteiger partial charge on any atom is -0.468 e. The van der Waals surface area contributed by atoms with Crippen molar-refractivity contribution in [3.8, 4) is 0 Å². The average Bonchev–Trinajstić information content (AvgIpc) is 3.17. The predicted molar refractivity (Wildman–Crippen MR) is 99.2 cm³/mol. The van der Waals surface area contributed by atoms with Gasteiger partial charge in [0.2, 0.25) is 5.91 Å². The minimum atomic E-state index is -0.254. The van der Waals surface area contributed by atoms with E-state index in [1.807, 2.05) is 12.1 Å². The van der Waals surface area contributed by atoms with Crippen molar-refractivity contribution in [1.29, 1.82) is 0 Å². The molecule has 1 N–H and O–H groups in total. The first-order valence-corrected chi connectivity index (χ1v) is 9.41. The van der Waals surface area contributed by atoms with Crippen LogP contribution in [-0.2, 0) is 11.2 Å². The lowest BCUT2D eigenvalue weighted by Crippen LogP contribution is -2.41. The summed E-state index contributed by atoms with van der Waals surface area (Å²) >= 11 is 0. The largest absolute Gasteiger partial charge is 0.468 e. The van der Waals surface area contributed by atoms with Crippen LogP contribution in [0.5, 0.6) is 0 Å². The maximum atomic E-state index is 13.7. The number of rotatable bonds is 7. The summed E-state index contributed by atoms with van der Waals surface area (Å²) < 4.78 is 19.3. The van der Waals surface area contributed by atoms with Gasteiger partial charge in [-0.05, 0) is 62.0 Å². The Morgan fingerprint density at radius 2 is 2.04 bits per heavy atom. The van der Waals surface area contributed by atoms with Crippen LogP contribution in [0, 0.1) is 11.7 Å². The van der Waals surface area contributed by atoms with Crippen LogP contribution < -0.4 is 5.32 Å². The van der Waals surface area contributed by atoms with Gasteiger partial charge in [-0.1, -0.05) is 25.1 Å². The lowest BCUT2D eigenvalue weighted by Gasteiger charge is -2.35. The zero-order valence-electron chi connectivity index (χ0n) is 15.3. The highest BCUT2D eigenvalue weighted by Gasteiger charge is 2.26. The molecule has 140 valence electrons. The predicted octanol–water partition coefficient (Wildman–Crippen LogP) is 3.94. The average molecular weight is 358 g/mol. The number of piperidine rings is 1. The second-order valence-electron chi connectivity index (χ2n) is 7.15. The van der Waals surface area contributed by atoms with Gasteiger partial charge in [0.15, 0.2) is 0 Å². The molecule has 0 radical (unpaired) electrons. The Hall–Kier alpha value is -2.14. The number of amides is 1. The van der Waals surface area contributed by atoms with Gasteiger partial charge in [0.05, 0.1) is 12.3 Å². The lowest BCUT2D eigenvalue weighted by atomic mass is 9.97. The van der Waals surface area contributed by atoms with Gasteiger partial charge >= 0.3 is 0 Å². The molecule has 2 heterocycles. The van der Waals surface area contributed by atoms with Crippen LogP contribution in [0.3, 0.4) is 0 Å². The van der Waals surface area contributed by atoms with Gasteiger partial charge in [0.1, 0.15) is 11.6 Å². The van der Waals surface area contributed by atoms with Gasteiger partial charge in [0, 0.05) is 13.0 Å². The molecule has 1 atom stereocenters. The molecule has 1 amide bonds. The number of carbonyl (C=O) groups excluding carboxylic acids is 1. The Labute approximate surface area is 154 Å². The van der Waals surface area contributed by atoms with E-state index in [2.05, 4.69) is 17.1 Å². The molecule has 1 aromatic heterocycles. The standard InChI is InChI=1S/C21H27FN2O2/c1-16-10-12-24(13-11-16)19(20-7-4-14-26-20)15-23-21(25)9-8-17-5-2-3-6-18(17)22/h2-7,14,16,19H,8-13,15H2,1H3,(H,23,25). The molecule has 0 saturated carbocycles. The smallest absolute Gasteiger partial charge is 0.220 e. The summed E-state index contributed by atoms with van der Waals surface area (Å²) in [7, 11) is 0. The van der Waals surface area contributed by atoms with E-state index in [9.17, 15) is 9.18 Å². The number of hydrogen-bond acceptors (Lipinski definition) is 3. The van der Waals surface area contributed by atoms with Crippen LogP contribution in [0.1, 0.15) is 43.6 Å². The number of furan rings is 1. The minimum absolute atomic E-state index is 0.0508. The topological polar surface area (TPSA) is 45.5 Å². The third-order valence-corrected chi connectivity index (χ3v) is 5.20. The van der Waals surface area contributed by atoms with E-state index in [-0.39, 0.29) is 24.2 Å². The Morgan fingerprint density at radius 3 is 2.73 bits per heavy atom. The third-order valence-electron chi connectivity index (χ3n) is 5.20. The van der Waals surface area contributed by atoms with E-state index in [1.54, 1.807) is 24.5 Å². The highest BCUT2D eigenvalue weighted by molar-refractivity contribution is 5.76. The quantitative estimate of drug-likeness (QED) is 0.815.